The SMILES string of the molecule is CCc1ccc(Cn2nc(-c3ccco3)nc2CNC)cc1. The van der Waals surface area contributed by atoms with Crippen molar-refractivity contribution in [2.75, 3.05) is 7.05 Å². The summed E-state index contributed by atoms with van der Waals surface area (Å²) in [6, 6.07) is 12.3. The van der Waals surface area contributed by atoms with Crippen molar-refractivity contribution in [1.82, 2.24) is 20.1 Å². The minimum Gasteiger partial charge on any atom is -0.461 e. The van der Waals surface area contributed by atoms with Gasteiger partial charge in [0.15, 0.2) is 5.76 Å². The lowest BCUT2D eigenvalue weighted by molar-refractivity contribution is 0.573. The summed E-state index contributed by atoms with van der Waals surface area (Å²) in [5.74, 6) is 2.21. The van der Waals surface area contributed by atoms with E-state index in [4.69, 9.17) is 4.42 Å². The van der Waals surface area contributed by atoms with Gasteiger partial charge in [-0.05, 0) is 36.7 Å². The van der Waals surface area contributed by atoms with E-state index < -0.39 is 0 Å². The normalized spacial score (nSPS) is 11.0. The fourth-order valence-electron chi connectivity index (χ4n) is 2.35. The zero-order chi connectivity index (χ0) is 15.4. The molecule has 3 aromatic rings. The molecule has 2 aromatic heterocycles. The van der Waals surface area contributed by atoms with Gasteiger partial charge in [-0.25, -0.2) is 9.67 Å². The van der Waals surface area contributed by atoms with Crippen LogP contribution >= 0.6 is 0 Å². The maximum Gasteiger partial charge on any atom is 0.217 e. The molecule has 0 aliphatic carbocycles. The van der Waals surface area contributed by atoms with Gasteiger partial charge >= 0.3 is 0 Å². The topological polar surface area (TPSA) is 55.9 Å². The Kier molecular flexibility index (Phi) is 4.34. The van der Waals surface area contributed by atoms with Gasteiger partial charge in [-0.2, -0.15) is 0 Å². The van der Waals surface area contributed by atoms with Gasteiger partial charge in [0.1, 0.15) is 5.82 Å². The lowest BCUT2D eigenvalue weighted by Gasteiger charge is -2.06. The van der Waals surface area contributed by atoms with Crippen LogP contribution in [0, 0.1) is 0 Å². The van der Waals surface area contributed by atoms with Crippen LogP contribution in [0.4, 0.5) is 0 Å². The third kappa shape index (κ3) is 3.09. The summed E-state index contributed by atoms with van der Waals surface area (Å²) >= 11 is 0. The zero-order valence-corrected chi connectivity index (χ0v) is 12.9. The molecule has 0 aliphatic heterocycles. The van der Waals surface area contributed by atoms with Crippen LogP contribution in [0.1, 0.15) is 23.9 Å². The number of furan rings is 1. The van der Waals surface area contributed by atoms with Crippen LogP contribution in [-0.2, 0) is 19.5 Å². The molecule has 0 fully saturated rings. The van der Waals surface area contributed by atoms with Crippen LogP contribution < -0.4 is 5.32 Å². The number of aryl methyl sites for hydroxylation is 1. The number of hydrogen-bond donors (Lipinski definition) is 1. The van der Waals surface area contributed by atoms with E-state index in [1.807, 2.05) is 23.9 Å². The van der Waals surface area contributed by atoms with Gasteiger partial charge in [-0.15, -0.1) is 5.10 Å². The highest BCUT2D eigenvalue weighted by Crippen LogP contribution is 2.17. The molecule has 1 N–H and O–H groups in total. The molecule has 0 saturated carbocycles. The largest absolute Gasteiger partial charge is 0.461 e. The molecule has 0 aliphatic rings. The lowest BCUT2D eigenvalue weighted by Crippen LogP contribution is -2.14. The van der Waals surface area contributed by atoms with Gasteiger partial charge in [0.05, 0.1) is 19.4 Å². The highest BCUT2D eigenvalue weighted by atomic mass is 16.3. The van der Waals surface area contributed by atoms with Crippen LogP contribution in [0.15, 0.2) is 47.1 Å². The van der Waals surface area contributed by atoms with E-state index in [2.05, 4.69) is 46.6 Å². The number of nitrogens with zero attached hydrogens (tertiary/aromatic N) is 3. The van der Waals surface area contributed by atoms with Crippen molar-refractivity contribution >= 4 is 0 Å². The molecular weight excluding hydrogens is 276 g/mol. The second kappa shape index (κ2) is 6.58. The van der Waals surface area contributed by atoms with Gasteiger partial charge in [-0.3, -0.25) is 0 Å². The van der Waals surface area contributed by atoms with Gasteiger partial charge < -0.3 is 9.73 Å². The molecule has 0 bridgehead atoms. The van der Waals surface area contributed by atoms with Crippen molar-refractivity contribution in [1.29, 1.82) is 0 Å². The fourth-order valence-corrected chi connectivity index (χ4v) is 2.35. The van der Waals surface area contributed by atoms with Gasteiger partial charge in [-0.1, -0.05) is 31.2 Å². The van der Waals surface area contributed by atoms with Crippen LogP contribution in [0.3, 0.4) is 0 Å². The molecule has 1 aromatic carbocycles. The van der Waals surface area contributed by atoms with Gasteiger partial charge in [0, 0.05) is 0 Å². The van der Waals surface area contributed by atoms with Crippen molar-refractivity contribution in [3.8, 4) is 11.6 Å². The van der Waals surface area contributed by atoms with Crippen molar-refractivity contribution in [3.05, 3.63) is 59.6 Å². The van der Waals surface area contributed by atoms with E-state index >= 15 is 0 Å². The number of benzene rings is 1. The van der Waals surface area contributed by atoms with Crippen molar-refractivity contribution in [2.24, 2.45) is 0 Å². The molecule has 2 heterocycles. The van der Waals surface area contributed by atoms with Crippen molar-refractivity contribution in [2.45, 2.75) is 26.4 Å². The second-order valence-electron chi connectivity index (χ2n) is 5.19. The first-order valence-corrected chi connectivity index (χ1v) is 7.50. The molecule has 0 radical (unpaired) electrons. The van der Waals surface area contributed by atoms with Crippen LogP contribution in [-0.4, -0.2) is 21.8 Å². The average Bonchev–Trinajstić information content (AvgIpc) is 3.19. The first-order chi connectivity index (χ1) is 10.8. The summed E-state index contributed by atoms with van der Waals surface area (Å²) < 4.78 is 7.31. The first kappa shape index (κ1) is 14.5. The second-order valence-corrected chi connectivity index (χ2v) is 5.19. The van der Waals surface area contributed by atoms with Crippen molar-refractivity contribution < 1.29 is 4.42 Å². The van der Waals surface area contributed by atoms with E-state index in [1.165, 1.54) is 11.1 Å². The monoisotopic (exact) mass is 296 g/mol. The Hall–Kier alpha value is -2.40. The van der Waals surface area contributed by atoms with E-state index in [0.29, 0.717) is 24.7 Å². The highest BCUT2D eigenvalue weighted by molar-refractivity contribution is 5.45. The van der Waals surface area contributed by atoms with Crippen LogP contribution in [0.5, 0.6) is 0 Å². The number of aromatic nitrogens is 3. The Morgan fingerprint density at radius 2 is 1.91 bits per heavy atom. The molecular formula is C17H20N4O. The molecule has 0 saturated heterocycles. The average molecular weight is 296 g/mol. The fraction of sp³-hybridized carbons (Fsp3) is 0.294. The number of hydrogen-bond acceptors (Lipinski definition) is 4. The third-order valence-corrected chi connectivity index (χ3v) is 3.59. The summed E-state index contributed by atoms with van der Waals surface area (Å²) in [5.41, 5.74) is 2.56. The molecule has 0 spiro atoms. The molecule has 5 heteroatoms. The number of nitrogens with one attached hydrogen (secondary N) is 1. The number of rotatable bonds is 6. The maximum atomic E-state index is 5.39. The Morgan fingerprint density at radius 1 is 1.14 bits per heavy atom. The molecule has 0 unspecified atom stereocenters. The Labute approximate surface area is 130 Å². The Morgan fingerprint density at radius 3 is 2.55 bits per heavy atom. The van der Waals surface area contributed by atoms with Gasteiger partial charge in [0.2, 0.25) is 5.82 Å². The minimum atomic E-state index is 0.625. The third-order valence-electron chi connectivity index (χ3n) is 3.59. The summed E-state index contributed by atoms with van der Waals surface area (Å²) in [6.45, 7) is 3.53. The van der Waals surface area contributed by atoms with E-state index in [1.54, 1.807) is 6.26 Å². The van der Waals surface area contributed by atoms with E-state index in [-0.39, 0.29) is 0 Å². The molecule has 5 nitrogen and oxygen atoms in total. The van der Waals surface area contributed by atoms with Crippen molar-refractivity contribution in [3.63, 3.8) is 0 Å². The predicted octanol–water partition coefficient (Wildman–Crippen LogP) is 2.87. The smallest absolute Gasteiger partial charge is 0.217 e. The summed E-state index contributed by atoms with van der Waals surface area (Å²) in [5, 5.41) is 7.71. The van der Waals surface area contributed by atoms with E-state index in [9.17, 15) is 0 Å². The van der Waals surface area contributed by atoms with Crippen LogP contribution in [0.25, 0.3) is 11.6 Å². The van der Waals surface area contributed by atoms with Crippen LogP contribution in [0.2, 0.25) is 0 Å². The minimum absolute atomic E-state index is 0.625. The lowest BCUT2D eigenvalue weighted by atomic mass is 10.1. The molecule has 114 valence electrons. The standard InChI is InChI=1S/C17H20N4O/c1-3-13-6-8-14(9-7-13)12-21-16(11-18-2)19-17(20-21)15-5-4-10-22-15/h4-10,18H,3,11-12H2,1-2H3. The predicted molar refractivity (Wildman–Crippen MR) is 85.4 cm³/mol. The molecule has 22 heavy (non-hydrogen) atoms. The Balaban J connectivity index is 1.87. The van der Waals surface area contributed by atoms with E-state index in [0.717, 1.165) is 12.2 Å². The molecule has 0 atom stereocenters. The highest BCUT2D eigenvalue weighted by Gasteiger charge is 2.13. The zero-order valence-electron chi connectivity index (χ0n) is 12.9. The maximum absolute atomic E-state index is 5.39. The molecule has 3 rings (SSSR count). The summed E-state index contributed by atoms with van der Waals surface area (Å²) in [6.07, 6.45) is 2.69. The van der Waals surface area contributed by atoms with Gasteiger partial charge in [0.25, 0.3) is 0 Å². The Bertz CT molecular complexity index is 714. The first-order valence-electron chi connectivity index (χ1n) is 7.50. The summed E-state index contributed by atoms with van der Waals surface area (Å²) in [4.78, 5) is 4.57. The quantitative estimate of drug-likeness (QED) is 0.760. The summed E-state index contributed by atoms with van der Waals surface area (Å²) in [7, 11) is 1.90. The molecule has 0 amide bonds.